The van der Waals surface area contributed by atoms with Crippen molar-refractivity contribution in [3.05, 3.63) is 29.8 Å². The van der Waals surface area contributed by atoms with Crippen molar-refractivity contribution < 1.29 is 14.6 Å². The Labute approximate surface area is 96.1 Å². The van der Waals surface area contributed by atoms with Crippen LogP contribution in [0.5, 0.6) is 5.75 Å². The highest BCUT2D eigenvalue weighted by atomic mass is 16.5. The number of rotatable bonds is 5. The molecule has 0 heterocycles. The number of ether oxygens (including phenoxy) is 1. The lowest BCUT2D eigenvalue weighted by molar-refractivity contribution is -0.137. The molecule has 0 aliphatic rings. The Hall–Kier alpha value is -1.51. The van der Waals surface area contributed by atoms with E-state index < -0.39 is 5.97 Å². The van der Waals surface area contributed by atoms with E-state index in [9.17, 15) is 4.79 Å². The summed E-state index contributed by atoms with van der Waals surface area (Å²) in [5, 5.41) is 8.87. The number of hydrogen-bond acceptors (Lipinski definition) is 2. The molecule has 88 valence electrons. The van der Waals surface area contributed by atoms with Crippen LogP contribution < -0.4 is 4.74 Å². The van der Waals surface area contributed by atoms with Crippen LogP contribution >= 0.6 is 0 Å². The fraction of sp³-hybridized carbons (Fsp3) is 0.462. The maximum absolute atomic E-state index is 10.8. The maximum Gasteiger partial charge on any atom is 0.303 e. The van der Waals surface area contributed by atoms with E-state index in [4.69, 9.17) is 9.84 Å². The van der Waals surface area contributed by atoms with Crippen LogP contribution in [0.3, 0.4) is 0 Å². The van der Waals surface area contributed by atoms with Gasteiger partial charge in [0.2, 0.25) is 0 Å². The molecule has 1 N–H and O–H groups in total. The van der Waals surface area contributed by atoms with E-state index >= 15 is 0 Å². The van der Waals surface area contributed by atoms with Gasteiger partial charge in [0.05, 0.1) is 13.5 Å². The molecular weight excluding hydrogens is 204 g/mol. The Balaban J connectivity index is 2.88. The van der Waals surface area contributed by atoms with Crippen molar-refractivity contribution in [1.29, 1.82) is 0 Å². The van der Waals surface area contributed by atoms with Crippen molar-refractivity contribution in [2.45, 2.75) is 26.2 Å². The predicted molar refractivity (Wildman–Crippen MR) is 62.8 cm³/mol. The molecule has 0 aromatic heterocycles. The molecule has 0 aliphatic carbocycles. The SMILES string of the molecule is COc1ccc(C(CC(=O)O)C(C)C)cc1. The molecule has 1 aromatic rings. The van der Waals surface area contributed by atoms with E-state index in [1.807, 2.05) is 38.1 Å². The first-order valence-electron chi connectivity index (χ1n) is 5.40. The van der Waals surface area contributed by atoms with Crippen LogP contribution in [0.25, 0.3) is 0 Å². The number of carboxylic acids is 1. The third-order valence-corrected chi connectivity index (χ3v) is 2.74. The summed E-state index contributed by atoms with van der Waals surface area (Å²) >= 11 is 0. The highest BCUT2D eigenvalue weighted by Gasteiger charge is 2.19. The first-order valence-corrected chi connectivity index (χ1v) is 5.40. The van der Waals surface area contributed by atoms with Gasteiger partial charge in [-0.1, -0.05) is 26.0 Å². The molecule has 16 heavy (non-hydrogen) atoms. The molecule has 0 aliphatic heterocycles. The van der Waals surface area contributed by atoms with E-state index in [2.05, 4.69) is 0 Å². The Bertz CT molecular complexity index is 341. The lowest BCUT2D eigenvalue weighted by Gasteiger charge is -2.19. The van der Waals surface area contributed by atoms with Gasteiger partial charge < -0.3 is 9.84 Å². The van der Waals surface area contributed by atoms with E-state index in [1.54, 1.807) is 7.11 Å². The average molecular weight is 222 g/mol. The van der Waals surface area contributed by atoms with Crippen LogP contribution in [0, 0.1) is 5.92 Å². The number of carboxylic acid groups (broad SMARTS) is 1. The van der Waals surface area contributed by atoms with Crippen molar-refractivity contribution in [3.63, 3.8) is 0 Å². The second-order valence-corrected chi connectivity index (χ2v) is 4.22. The van der Waals surface area contributed by atoms with Gasteiger partial charge in [0.1, 0.15) is 5.75 Å². The van der Waals surface area contributed by atoms with Gasteiger partial charge >= 0.3 is 5.97 Å². The lowest BCUT2D eigenvalue weighted by atomic mass is 9.86. The summed E-state index contributed by atoms with van der Waals surface area (Å²) in [6.45, 7) is 4.08. The first kappa shape index (κ1) is 12.6. The molecule has 1 rings (SSSR count). The molecule has 0 fully saturated rings. The Morgan fingerprint density at radius 3 is 2.25 bits per heavy atom. The van der Waals surface area contributed by atoms with Crippen LogP contribution in [0.1, 0.15) is 31.7 Å². The summed E-state index contributed by atoms with van der Waals surface area (Å²) < 4.78 is 5.07. The maximum atomic E-state index is 10.8. The van der Waals surface area contributed by atoms with Gasteiger partial charge in [0.15, 0.2) is 0 Å². The van der Waals surface area contributed by atoms with E-state index in [1.165, 1.54) is 0 Å². The molecule has 0 saturated carbocycles. The van der Waals surface area contributed by atoms with Crippen molar-refractivity contribution in [1.82, 2.24) is 0 Å². The second kappa shape index (κ2) is 5.54. The fourth-order valence-corrected chi connectivity index (χ4v) is 1.78. The summed E-state index contributed by atoms with van der Waals surface area (Å²) in [4.78, 5) is 10.8. The number of aliphatic carboxylic acids is 1. The minimum atomic E-state index is -0.755. The van der Waals surface area contributed by atoms with Crippen molar-refractivity contribution >= 4 is 5.97 Å². The van der Waals surface area contributed by atoms with Gasteiger partial charge in [-0.2, -0.15) is 0 Å². The van der Waals surface area contributed by atoms with Crippen LogP contribution in [-0.2, 0) is 4.79 Å². The molecule has 0 radical (unpaired) electrons. The summed E-state index contributed by atoms with van der Waals surface area (Å²) in [5.74, 6) is 0.406. The Morgan fingerprint density at radius 2 is 1.88 bits per heavy atom. The van der Waals surface area contributed by atoms with Crippen LogP contribution in [0.2, 0.25) is 0 Å². The number of benzene rings is 1. The van der Waals surface area contributed by atoms with Crippen molar-refractivity contribution in [3.8, 4) is 5.75 Å². The third-order valence-electron chi connectivity index (χ3n) is 2.74. The molecule has 1 atom stereocenters. The minimum absolute atomic E-state index is 0.0587. The standard InChI is InChI=1S/C13H18O3/c1-9(2)12(8-13(14)15)10-4-6-11(16-3)7-5-10/h4-7,9,12H,8H2,1-3H3,(H,14,15). The molecule has 0 spiro atoms. The zero-order valence-electron chi connectivity index (χ0n) is 9.93. The van der Waals surface area contributed by atoms with Crippen LogP contribution in [0.4, 0.5) is 0 Å². The average Bonchev–Trinajstić information content (AvgIpc) is 2.25. The van der Waals surface area contributed by atoms with Gasteiger partial charge in [0, 0.05) is 0 Å². The van der Waals surface area contributed by atoms with Gasteiger partial charge in [0.25, 0.3) is 0 Å². The van der Waals surface area contributed by atoms with Gasteiger partial charge in [-0.15, -0.1) is 0 Å². The minimum Gasteiger partial charge on any atom is -0.497 e. The third kappa shape index (κ3) is 3.26. The Kier molecular flexibility index (Phi) is 4.35. The van der Waals surface area contributed by atoms with Crippen LogP contribution in [-0.4, -0.2) is 18.2 Å². The van der Waals surface area contributed by atoms with E-state index in [0.717, 1.165) is 11.3 Å². The summed E-state index contributed by atoms with van der Waals surface area (Å²) in [5.41, 5.74) is 1.05. The zero-order valence-corrected chi connectivity index (χ0v) is 9.93. The van der Waals surface area contributed by atoms with E-state index in [0.29, 0.717) is 5.92 Å². The molecule has 0 amide bonds. The highest BCUT2D eigenvalue weighted by molar-refractivity contribution is 5.68. The first-order chi connectivity index (χ1) is 7.54. The number of hydrogen-bond donors (Lipinski definition) is 1. The van der Waals surface area contributed by atoms with E-state index in [-0.39, 0.29) is 12.3 Å². The second-order valence-electron chi connectivity index (χ2n) is 4.22. The summed E-state index contributed by atoms with van der Waals surface area (Å²) in [7, 11) is 1.62. The molecule has 1 unspecified atom stereocenters. The number of carbonyl (C=O) groups is 1. The summed E-state index contributed by atoms with van der Waals surface area (Å²) in [6.07, 6.45) is 0.171. The van der Waals surface area contributed by atoms with Gasteiger partial charge in [-0.05, 0) is 29.5 Å². The zero-order chi connectivity index (χ0) is 12.1. The van der Waals surface area contributed by atoms with Crippen molar-refractivity contribution in [2.24, 2.45) is 5.92 Å². The topological polar surface area (TPSA) is 46.5 Å². The Morgan fingerprint density at radius 1 is 1.31 bits per heavy atom. The number of methoxy groups -OCH3 is 1. The molecule has 3 nitrogen and oxygen atoms in total. The predicted octanol–water partition coefficient (Wildman–Crippen LogP) is 2.91. The molecule has 0 bridgehead atoms. The van der Waals surface area contributed by atoms with Crippen LogP contribution in [0.15, 0.2) is 24.3 Å². The molecule has 3 heteroatoms. The highest BCUT2D eigenvalue weighted by Crippen LogP contribution is 2.29. The molecule has 1 aromatic carbocycles. The van der Waals surface area contributed by atoms with Gasteiger partial charge in [-0.25, -0.2) is 0 Å². The fourth-order valence-electron chi connectivity index (χ4n) is 1.78. The lowest BCUT2D eigenvalue weighted by Crippen LogP contribution is -2.12. The largest absolute Gasteiger partial charge is 0.497 e. The molecule has 0 saturated heterocycles. The normalized spacial score (nSPS) is 12.5. The monoisotopic (exact) mass is 222 g/mol. The van der Waals surface area contributed by atoms with Crippen molar-refractivity contribution in [2.75, 3.05) is 7.11 Å². The smallest absolute Gasteiger partial charge is 0.303 e. The molecular formula is C13H18O3. The quantitative estimate of drug-likeness (QED) is 0.833. The van der Waals surface area contributed by atoms with Gasteiger partial charge in [-0.3, -0.25) is 4.79 Å². The summed E-state index contributed by atoms with van der Waals surface area (Å²) in [6, 6.07) is 7.61.